The summed E-state index contributed by atoms with van der Waals surface area (Å²) in [6.07, 6.45) is 0. The van der Waals surface area contributed by atoms with Gasteiger partial charge < -0.3 is 17.2 Å². The Balaban J connectivity index is 2.60. The minimum absolute atomic E-state index is 0.0871. The molecule has 1 aromatic heterocycles. The second-order valence-electron chi connectivity index (χ2n) is 3.39. The number of rotatable bonds is 1. The molecule has 0 spiro atoms. The van der Waals surface area contributed by atoms with Crippen LogP contribution in [0.4, 0.5) is 17.5 Å². The second kappa shape index (κ2) is 4.27. The average Bonchev–Trinajstić information content (AvgIpc) is 2.23. The van der Waals surface area contributed by atoms with Gasteiger partial charge in [-0.1, -0.05) is 23.2 Å². The van der Waals surface area contributed by atoms with Gasteiger partial charge in [-0.3, -0.25) is 0 Å². The maximum Gasteiger partial charge on any atom is 0.222 e. The number of nitrogens with zero attached hydrogens (tertiary/aromatic N) is 2. The van der Waals surface area contributed by atoms with E-state index in [1.807, 2.05) is 0 Å². The summed E-state index contributed by atoms with van der Waals surface area (Å²) >= 11 is 11.9. The summed E-state index contributed by atoms with van der Waals surface area (Å²) in [6.45, 7) is 0. The van der Waals surface area contributed by atoms with Gasteiger partial charge in [0, 0.05) is 11.6 Å². The number of aromatic nitrogens is 2. The van der Waals surface area contributed by atoms with Crippen LogP contribution in [-0.2, 0) is 0 Å². The van der Waals surface area contributed by atoms with E-state index in [4.69, 9.17) is 40.4 Å². The number of hydrogen-bond donors (Lipinski definition) is 3. The van der Waals surface area contributed by atoms with E-state index in [0.717, 1.165) is 0 Å². The first kappa shape index (κ1) is 11.8. The van der Waals surface area contributed by atoms with Crippen LogP contribution in [0.2, 0.25) is 10.0 Å². The molecule has 2 rings (SSSR count). The third-order valence-electron chi connectivity index (χ3n) is 2.14. The molecule has 0 fully saturated rings. The van der Waals surface area contributed by atoms with Gasteiger partial charge in [0.1, 0.15) is 5.82 Å². The predicted molar refractivity (Wildman–Crippen MR) is 70.7 cm³/mol. The van der Waals surface area contributed by atoms with Crippen molar-refractivity contribution in [1.82, 2.24) is 9.97 Å². The zero-order valence-electron chi connectivity index (χ0n) is 8.61. The number of nitrogens with two attached hydrogens (primary N) is 3. The summed E-state index contributed by atoms with van der Waals surface area (Å²) in [5, 5.41) is 0.700. The van der Waals surface area contributed by atoms with Gasteiger partial charge in [-0.15, -0.1) is 0 Å². The fourth-order valence-electron chi connectivity index (χ4n) is 1.37. The van der Waals surface area contributed by atoms with Crippen molar-refractivity contribution in [3.63, 3.8) is 0 Å². The molecule has 0 aliphatic heterocycles. The van der Waals surface area contributed by atoms with Crippen molar-refractivity contribution in [2.75, 3.05) is 17.2 Å². The van der Waals surface area contributed by atoms with Crippen LogP contribution in [0.3, 0.4) is 0 Å². The van der Waals surface area contributed by atoms with Crippen molar-refractivity contribution in [2.45, 2.75) is 0 Å². The largest absolute Gasteiger partial charge is 0.396 e. The Morgan fingerprint density at radius 1 is 0.882 bits per heavy atom. The molecule has 0 aliphatic carbocycles. The fraction of sp³-hybridized carbons (Fsp3) is 0. The van der Waals surface area contributed by atoms with Crippen molar-refractivity contribution in [3.8, 4) is 11.3 Å². The second-order valence-corrected chi connectivity index (χ2v) is 4.20. The SMILES string of the molecule is Nc1cc(-c2cc(Cl)c(N)c(Cl)c2)nc(N)n1. The summed E-state index contributed by atoms with van der Waals surface area (Å²) in [5.41, 5.74) is 18.3. The fourth-order valence-corrected chi connectivity index (χ4v) is 1.85. The Bertz CT molecular complexity index is 542. The highest BCUT2D eigenvalue weighted by molar-refractivity contribution is 6.39. The molecule has 0 saturated carbocycles. The molecule has 0 saturated heterocycles. The number of nitrogen functional groups attached to an aromatic ring is 3. The van der Waals surface area contributed by atoms with E-state index in [2.05, 4.69) is 9.97 Å². The molecule has 7 heteroatoms. The van der Waals surface area contributed by atoms with Crippen LogP contribution in [-0.4, -0.2) is 9.97 Å². The number of halogens is 2. The molecule has 0 radical (unpaired) electrons. The summed E-state index contributed by atoms with van der Waals surface area (Å²) < 4.78 is 0. The van der Waals surface area contributed by atoms with Crippen molar-refractivity contribution >= 4 is 40.7 Å². The van der Waals surface area contributed by atoms with Gasteiger partial charge in [0.05, 0.1) is 21.4 Å². The molecular formula is C10H9Cl2N5. The van der Waals surface area contributed by atoms with E-state index < -0.39 is 0 Å². The van der Waals surface area contributed by atoms with Gasteiger partial charge in [-0.25, -0.2) is 4.98 Å². The summed E-state index contributed by atoms with van der Waals surface area (Å²) in [7, 11) is 0. The Morgan fingerprint density at radius 2 is 1.47 bits per heavy atom. The van der Waals surface area contributed by atoms with E-state index in [-0.39, 0.29) is 11.8 Å². The van der Waals surface area contributed by atoms with Gasteiger partial charge in [-0.2, -0.15) is 4.98 Å². The van der Waals surface area contributed by atoms with Crippen LogP contribution in [0.5, 0.6) is 0 Å². The van der Waals surface area contributed by atoms with E-state index in [9.17, 15) is 0 Å². The molecule has 17 heavy (non-hydrogen) atoms. The molecule has 2 aromatic rings. The van der Waals surface area contributed by atoms with E-state index in [1.54, 1.807) is 18.2 Å². The molecular weight excluding hydrogens is 261 g/mol. The van der Waals surface area contributed by atoms with Gasteiger partial charge in [0.2, 0.25) is 5.95 Å². The molecule has 0 amide bonds. The number of benzene rings is 1. The van der Waals surface area contributed by atoms with Crippen molar-refractivity contribution < 1.29 is 0 Å². The van der Waals surface area contributed by atoms with Crippen molar-refractivity contribution in [2.24, 2.45) is 0 Å². The smallest absolute Gasteiger partial charge is 0.222 e. The molecule has 0 atom stereocenters. The van der Waals surface area contributed by atoms with Gasteiger partial charge in [0.25, 0.3) is 0 Å². The zero-order valence-corrected chi connectivity index (χ0v) is 10.1. The lowest BCUT2D eigenvalue weighted by atomic mass is 10.1. The van der Waals surface area contributed by atoms with Crippen molar-refractivity contribution in [3.05, 3.63) is 28.2 Å². The summed E-state index contributed by atoms with van der Waals surface area (Å²) in [4.78, 5) is 7.82. The Hall–Kier alpha value is -1.72. The average molecular weight is 270 g/mol. The molecule has 88 valence electrons. The third-order valence-corrected chi connectivity index (χ3v) is 2.76. The van der Waals surface area contributed by atoms with E-state index in [0.29, 0.717) is 27.0 Å². The van der Waals surface area contributed by atoms with Crippen LogP contribution in [0.15, 0.2) is 18.2 Å². The minimum atomic E-state index is 0.0871. The third kappa shape index (κ3) is 2.35. The molecule has 1 aromatic carbocycles. The van der Waals surface area contributed by atoms with Gasteiger partial charge >= 0.3 is 0 Å². The molecule has 0 unspecified atom stereocenters. The van der Waals surface area contributed by atoms with E-state index in [1.165, 1.54) is 0 Å². The first-order valence-electron chi connectivity index (χ1n) is 4.62. The number of anilines is 3. The topological polar surface area (TPSA) is 104 Å². The zero-order chi connectivity index (χ0) is 12.6. The van der Waals surface area contributed by atoms with Gasteiger partial charge in [0.15, 0.2) is 0 Å². The predicted octanol–water partition coefficient (Wildman–Crippen LogP) is 2.20. The summed E-state index contributed by atoms with van der Waals surface area (Å²) in [5.74, 6) is 0.362. The van der Waals surface area contributed by atoms with Crippen LogP contribution < -0.4 is 17.2 Å². The molecule has 1 heterocycles. The Morgan fingerprint density at radius 3 is 2.00 bits per heavy atom. The lowest BCUT2D eigenvalue weighted by Crippen LogP contribution is -2.00. The molecule has 0 bridgehead atoms. The Labute approximate surface area is 108 Å². The van der Waals surface area contributed by atoms with Gasteiger partial charge in [-0.05, 0) is 12.1 Å². The van der Waals surface area contributed by atoms with Crippen molar-refractivity contribution in [1.29, 1.82) is 0 Å². The summed E-state index contributed by atoms with van der Waals surface area (Å²) in [6, 6.07) is 4.86. The maximum atomic E-state index is 5.93. The van der Waals surface area contributed by atoms with E-state index >= 15 is 0 Å². The molecule has 5 nitrogen and oxygen atoms in total. The normalized spacial score (nSPS) is 10.5. The Kier molecular flexibility index (Phi) is 2.95. The highest BCUT2D eigenvalue weighted by atomic mass is 35.5. The molecule has 6 N–H and O–H groups in total. The first-order chi connectivity index (χ1) is 7.97. The highest BCUT2D eigenvalue weighted by Gasteiger charge is 2.09. The van der Waals surface area contributed by atoms with Crippen LogP contribution in [0.25, 0.3) is 11.3 Å². The molecule has 0 aliphatic rings. The quantitative estimate of drug-likeness (QED) is 0.689. The minimum Gasteiger partial charge on any atom is -0.396 e. The van der Waals surface area contributed by atoms with Crippen LogP contribution in [0.1, 0.15) is 0 Å². The first-order valence-corrected chi connectivity index (χ1v) is 5.38. The number of hydrogen-bond acceptors (Lipinski definition) is 5. The maximum absolute atomic E-state index is 5.93. The standard InChI is InChI=1S/C10H9Cl2N5/c11-5-1-4(2-6(12)9(5)14)7-3-8(13)17-10(15)16-7/h1-3H,14H2,(H4,13,15,16,17). The lowest BCUT2D eigenvalue weighted by Gasteiger charge is -2.07. The van der Waals surface area contributed by atoms with Crippen LogP contribution >= 0.6 is 23.2 Å². The van der Waals surface area contributed by atoms with Crippen LogP contribution in [0, 0.1) is 0 Å². The monoisotopic (exact) mass is 269 g/mol. The highest BCUT2D eigenvalue weighted by Crippen LogP contribution is 2.33. The lowest BCUT2D eigenvalue weighted by molar-refractivity contribution is 1.20.